The number of hydrogen-bond acceptors (Lipinski definition) is 4. The van der Waals surface area contributed by atoms with Crippen molar-refractivity contribution in [3.8, 4) is 0 Å². The second-order valence-corrected chi connectivity index (χ2v) is 6.66. The van der Waals surface area contributed by atoms with Gasteiger partial charge in [0.1, 0.15) is 0 Å². The highest BCUT2D eigenvalue weighted by molar-refractivity contribution is 14.1. The van der Waals surface area contributed by atoms with Crippen LogP contribution in [-0.2, 0) is 6.42 Å². The van der Waals surface area contributed by atoms with E-state index < -0.39 is 0 Å². The minimum atomic E-state index is 0.285. The van der Waals surface area contributed by atoms with E-state index in [2.05, 4.69) is 76.2 Å². The molecule has 1 fully saturated rings. The van der Waals surface area contributed by atoms with Crippen molar-refractivity contribution >= 4 is 22.6 Å². The molecule has 1 aromatic rings. The smallest absolute Gasteiger partial charge is 0.0418 e. The topological polar surface area (TPSA) is 44.5 Å². The van der Waals surface area contributed by atoms with Gasteiger partial charge in [-0.15, -0.1) is 0 Å². The van der Waals surface area contributed by atoms with Crippen LogP contribution < -0.4 is 11.3 Å². The van der Waals surface area contributed by atoms with Crippen molar-refractivity contribution in [1.29, 1.82) is 0 Å². The third kappa shape index (κ3) is 4.13. The van der Waals surface area contributed by atoms with E-state index in [1.165, 1.54) is 9.13 Å². The molecule has 0 aliphatic carbocycles. The van der Waals surface area contributed by atoms with Crippen LogP contribution in [0.4, 0.5) is 0 Å². The van der Waals surface area contributed by atoms with Gasteiger partial charge < -0.3 is 4.90 Å². The maximum Gasteiger partial charge on any atom is 0.0418 e. The lowest BCUT2D eigenvalue weighted by Crippen LogP contribution is -2.60. The highest BCUT2D eigenvalue weighted by atomic mass is 127. The van der Waals surface area contributed by atoms with Gasteiger partial charge >= 0.3 is 0 Å². The molecule has 2 rings (SSSR count). The number of rotatable bonds is 4. The Bertz CT molecular complexity index is 395. The van der Waals surface area contributed by atoms with Crippen LogP contribution in [0.3, 0.4) is 0 Å². The van der Waals surface area contributed by atoms with Gasteiger partial charge in [0, 0.05) is 35.3 Å². The fraction of sp³-hybridized carbons (Fsp3) is 0.571. The Labute approximate surface area is 129 Å². The maximum absolute atomic E-state index is 5.79. The zero-order chi connectivity index (χ0) is 13.8. The number of piperazine rings is 1. The number of hydrogen-bond donors (Lipinski definition) is 2. The van der Waals surface area contributed by atoms with Gasteiger partial charge in [-0.2, -0.15) is 0 Å². The second kappa shape index (κ2) is 6.99. The molecule has 3 N–H and O–H groups in total. The Kier molecular flexibility index (Phi) is 5.58. The molecule has 1 heterocycles. The van der Waals surface area contributed by atoms with Crippen LogP contribution in [0.25, 0.3) is 0 Å². The summed E-state index contributed by atoms with van der Waals surface area (Å²) in [5.74, 6) is 5.79. The molecular formula is C14H23IN4. The predicted molar refractivity (Wildman–Crippen MR) is 87.9 cm³/mol. The number of nitrogens with one attached hydrogen (secondary N) is 1. The van der Waals surface area contributed by atoms with E-state index in [0.717, 1.165) is 26.1 Å². The van der Waals surface area contributed by atoms with E-state index in [0.29, 0.717) is 6.04 Å². The number of nitrogens with zero attached hydrogens (tertiary/aromatic N) is 2. The number of hydrazine groups is 1. The number of halogens is 1. The third-order valence-electron chi connectivity index (χ3n) is 3.95. The molecule has 0 amide bonds. The van der Waals surface area contributed by atoms with Crippen LogP contribution in [0, 0.1) is 3.57 Å². The summed E-state index contributed by atoms with van der Waals surface area (Å²) in [7, 11) is 4.37. The number of likely N-dealkylation sites (N-methyl/N-ethyl adjacent to an activating group) is 2. The summed E-state index contributed by atoms with van der Waals surface area (Å²) in [5.41, 5.74) is 4.35. The summed E-state index contributed by atoms with van der Waals surface area (Å²) in [6.45, 7) is 3.30. The van der Waals surface area contributed by atoms with Crippen molar-refractivity contribution in [2.75, 3.05) is 33.7 Å². The lowest BCUT2D eigenvalue weighted by molar-refractivity contribution is 0.0877. The molecule has 0 bridgehead atoms. The van der Waals surface area contributed by atoms with Crippen LogP contribution in [0.1, 0.15) is 5.56 Å². The maximum atomic E-state index is 5.79. The molecule has 0 aromatic heterocycles. The largest absolute Gasteiger partial charge is 0.303 e. The van der Waals surface area contributed by atoms with Gasteiger partial charge in [-0.05, 0) is 60.8 Å². The van der Waals surface area contributed by atoms with Crippen molar-refractivity contribution in [1.82, 2.24) is 15.2 Å². The molecule has 19 heavy (non-hydrogen) atoms. The van der Waals surface area contributed by atoms with Crippen LogP contribution in [0.15, 0.2) is 24.3 Å². The van der Waals surface area contributed by atoms with Gasteiger partial charge in [0.25, 0.3) is 0 Å². The summed E-state index contributed by atoms with van der Waals surface area (Å²) < 4.78 is 1.27. The first-order valence-electron chi connectivity index (χ1n) is 6.69. The van der Waals surface area contributed by atoms with E-state index >= 15 is 0 Å². The minimum Gasteiger partial charge on any atom is -0.303 e. The van der Waals surface area contributed by atoms with Crippen LogP contribution in [0.5, 0.6) is 0 Å². The predicted octanol–water partition coefficient (Wildman–Crippen LogP) is 0.911. The molecule has 106 valence electrons. The standard InChI is InChI=1S/C14H23IN4/c1-18-7-8-19(2)14(10-18)13(17-16)9-11-3-5-12(15)6-4-11/h3-6,13-14,17H,7-10,16H2,1-2H3. The molecule has 5 heteroatoms. The lowest BCUT2D eigenvalue weighted by atomic mass is 9.97. The Hall–Kier alpha value is -0.210. The van der Waals surface area contributed by atoms with Crippen LogP contribution in [-0.4, -0.2) is 55.6 Å². The van der Waals surface area contributed by atoms with Gasteiger partial charge in [-0.1, -0.05) is 12.1 Å². The summed E-state index contributed by atoms with van der Waals surface area (Å²) in [5, 5.41) is 0. The molecule has 1 aliphatic heterocycles. The molecule has 0 radical (unpaired) electrons. The number of nitrogens with two attached hydrogens (primary N) is 1. The van der Waals surface area contributed by atoms with Gasteiger partial charge in [-0.25, -0.2) is 0 Å². The average Bonchev–Trinajstić information content (AvgIpc) is 2.41. The molecule has 0 saturated carbocycles. The van der Waals surface area contributed by atoms with Gasteiger partial charge in [-0.3, -0.25) is 16.2 Å². The molecule has 1 aromatic carbocycles. The quantitative estimate of drug-likeness (QED) is 0.467. The van der Waals surface area contributed by atoms with Crippen molar-refractivity contribution in [2.24, 2.45) is 5.84 Å². The van der Waals surface area contributed by atoms with Crippen molar-refractivity contribution in [3.05, 3.63) is 33.4 Å². The Morgan fingerprint density at radius 1 is 1.32 bits per heavy atom. The van der Waals surface area contributed by atoms with Gasteiger partial charge in [0.05, 0.1) is 0 Å². The highest BCUT2D eigenvalue weighted by Crippen LogP contribution is 2.15. The minimum absolute atomic E-state index is 0.285. The Morgan fingerprint density at radius 2 is 2.00 bits per heavy atom. The SMILES string of the molecule is CN1CCN(C)C(C(Cc2ccc(I)cc2)NN)C1. The molecular weight excluding hydrogens is 351 g/mol. The Morgan fingerprint density at radius 3 is 2.63 bits per heavy atom. The monoisotopic (exact) mass is 374 g/mol. The van der Waals surface area contributed by atoms with Crippen molar-refractivity contribution in [3.63, 3.8) is 0 Å². The molecule has 2 atom stereocenters. The van der Waals surface area contributed by atoms with E-state index in [4.69, 9.17) is 5.84 Å². The summed E-state index contributed by atoms with van der Waals surface area (Å²) in [6.07, 6.45) is 0.969. The fourth-order valence-corrected chi connectivity index (χ4v) is 3.02. The van der Waals surface area contributed by atoms with E-state index in [1.807, 2.05) is 0 Å². The fourth-order valence-electron chi connectivity index (χ4n) is 2.66. The second-order valence-electron chi connectivity index (χ2n) is 5.41. The third-order valence-corrected chi connectivity index (χ3v) is 4.67. The normalized spacial score (nSPS) is 23.5. The van der Waals surface area contributed by atoms with Crippen molar-refractivity contribution < 1.29 is 0 Å². The first-order valence-corrected chi connectivity index (χ1v) is 7.77. The van der Waals surface area contributed by atoms with E-state index in [-0.39, 0.29) is 6.04 Å². The summed E-state index contributed by atoms with van der Waals surface area (Å²) >= 11 is 2.33. The summed E-state index contributed by atoms with van der Waals surface area (Å²) in [6, 6.07) is 9.44. The van der Waals surface area contributed by atoms with Crippen LogP contribution in [0.2, 0.25) is 0 Å². The zero-order valence-electron chi connectivity index (χ0n) is 11.6. The summed E-state index contributed by atoms with van der Waals surface area (Å²) in [4.78, 5) is 4.79. The van der Waals surface area contributed by atoms with Crippen LogP contribution >= 0.6 is 22.6 Å². The molecule has 2 unspecified atom stereocenters. The molecule has 1 aliphatic rings. The molecule has 1 saturated heterocycles. The van der Waals surface area contributed by atoms with Gasteiger partial charge in [0.2, 0.25) is 0 Å². The van der Waals surface area contributed by atoms with E-state index in [1.54, 1.807) is 0 Å². The Balaban J connectivity index is 2.04. The van der Waals surface area contributed by atoms with Gasteiger partial charge in [0.15, 0.2) is 0 Å². The first kappa shape index (κ1) is 15.2. The van der Waals surface area contributed by atoms with Crippen molar-refractivity contribution in [2.45, 2.75) is 18.5 Å². The molecule has 4 nitrogen and oxygen atoms in total. The zero-order valence-corrected chi connectivity index (χ0v) is 13.8. The highest BCUT2D eigenvalue weighted by Gasteiger charge is 2.29. The average molecular weight is 374 g/mol. The number of benzene rings is 1. The van der Waals surface area contributed by atoms with E-state index in [9.17, 15) is 0 Å². The molecule has 0 spiro atoms. The lowest BCUT2D eigenvalue weighted by Gasteiger charge is -2.41. The first-order chi connectivity index (χ1) is 9.10.